The molecule has 1 saturated carbocycles. The summed E-state index contributed by atoms with van der Waals surface area (Å²) in [7, 11) is 1.72. The van der Waals surface area contributed by atoms with Crippen LogP contribution in [0.25, 0.3) is 0 Å². The van der Waals surface area contributed by atoms with Crippen LogP contribution in [0.2, 0.25) is 0 Å². The molecule has 37 heavy (non-hydrogen) atoms. The Morgan fingerprint density at radius 1 is 1.05 bits per heavy atom. The summed E-state index contributed by atoms with van der Waals surface area (Å²) in [6.45, 7) is 0. The first kappa shape index (κ1) is 25.8. The van der Waals surface area contributed by atoms with Gasteiger partial charge >= 0.3 is 12.2 Å². The summed E-state index contributed by atoms with van der Waals surface area (Å²) in [5.74, 6) is -0.720. The maximum atomic E-state index is 14.8. The molecule has 0 unspecified atom stereocenters. The summed E-state index contributed by atoms with van der Waals surface area (Å²) in [5.41, 5.74) is 3.62. The highest BCUT2D eigenvalue weighted by atomic mass is 19.4. The van der Waals surface area contributed by atoms with E-state index in [1.54, 1.807) is 36.2 Å². The lowest BCUT2D eigenvalue weighted by Gasteiger charge is -2.22. The number of benzene rings is 2. The van der Waals surface area contributed by atoms with Gasteiger partial charge in [-0.3, -0.25) is 4.79 Å². The second kappa shape index (κ2) is 10.8. The average Bonchev–Trinajstić information content (AvgIpc) is 3.67. The van der Waals surface area contributed by atoms with Gasteiger partial charge in [0.2, 0.25) is 5.91 Å². The van der Waals surface area contributed by atoms with Gasteiger partial charge in [0.05, 0.1) is 16.9 Å². The highest BCUT2D eigenvalue weighted by Gasteiger charge is 2.31. The van der Waals surface area contributed by atoms with E-state index in [0.717, 1.165) is 31.0 Å². The number of carbonyl (C=O) groups excluding carboxylic acids is 2. The van der Waals surface area contributed by atoms with Crippen molar-refractivity contribution in [2.45, 2.75) is 25.4 Å². The Kier molecular flexibility index (Phi) is 7.50. The number of rotatable bonds is 6. The molecule has 2 aliphatic carbocycles. The molecule has 0 spiro atoms. The number of likely N-dealkylation sites (N-methyl/N-ethyl adjacent to an activating group) is 1. The minimum Gasteiger partial charge on any atom is -0.344 e. The Hall–Kier alpha value is -4.30. The summed E-state index contributed by atoms with van der Waals surface area (Å²) < 4.78 is 53.5. The van der Waals surface area contributed by atoms with Crippen LogP contribution in [0.1, 0.15) is 24.8 Å². The fraction of sp³-hybridized carbons (Fsp3) is 0.222. The van der Waals surface area contributed by atoms with Gasteiger partial charge in [-0.1, -0.05) is 12.1 Å². The maximum absolute atomic E-state index is 14.8. The number of anilines is 3. The van der Waals surface area contributed by atoms with E-state index in [1.165, 1.54) is 18.2 Å². The number of hydrogen-bond donors (Lipinski definition) is 3. The third-order valence-corrected chi connectivity index (χ3v) is 5.75. The van der Waals surface area contributed by atoms with Crippen LogP contribution in [0.15, 0.2) is 83.9 Å². The van der Waals surface area contributed by atoms with Crippen LogP contribution < -0.4 is 20.9 Å². The molecule has 0 aliphatic heterocycles. The van der Waals surface area contributed by atoms with Gasteiger partial charge in [-0.25, -0.2) is 9.18 Å². The largest absolute Gasteiger partial charge is 0.416 e. The van der Waals surface area contributed by atoms with Crippen LogP contribution >= 0.6 is 0 Å². The summed E-state index contributed by atoms with van der Waals surface area (Å²) >= 11 is 0. The second-order valence-electron chi connectivity index (χ2n) is 8.62. The van der Waals surface area contributed by atoms with Crippen LogP contribution in [-0.2, 0) is 11.0 Å². The smallest absolute Gasteiger partial charge is 0.344 e. The summed E-state index contributed by atoms with van der Waals surface area (Å²) in [4.78, 5) is 26.1. The molecule has 2 aromatic rings. The Labute approximate surface area is 211 Å². The van der Waals surface area contributed by atoms with E-state index < -0.39 is 23.6 Å². The molecule has 1 fully saturated rings. The number of nitrogens with zero attached hydrogens (tertiary/aromatic N) is 1. The first-order valence-electron chi connectivity index (χ1n) is 11.5. The van der Waals surface area contributed by atoms with Crippen molar-refractivity contribution in [2.24, 2.45) is 5.92 Å². The number of halogens is 4. The Bertz CT molecular complexity index is 1340. The molecule has 0 bridgehead atoms. The zero-order valence-electron chi connectivity index (χ0n) is 19.8. The molecule has 0 radical (unpaired) electrons. The molecule has 2 aliphatic rings. The molecule has 2 aromatic carbocycles. The van der Waals surface area contributed by atoms with Crippen molar-refractivity contribution in [3.05, 3.63) is 95.3 Å². The van der Waals surface area contributed by atoms with Crippen molar-refractivity contribution in [2.75, 3.05) is 22.6 Å². The Balaban J connectivity index is 1.45. The van der Waals surface area contributed by atoms with Gasteiger partial charge in [-0.05, 0) is 67.8 Å². The third kappa shape index (κ3) is 6.89. The second-order valence-corrected chi connectivity index (χ2v) is 8.62. The molecular formula is C27H24F4N4O2. The molecule has 3 amide bonds. The van der Waals surface area contributed by atoms with E-state index in [9.17, 15) is 27.2 Å². The molecule has 3 N–H and O–H groups in total. The minimum atomic E-state index is -4.56. The summed E-state index contributed by atoms with van der Waals surface area (Å²) in [5, 5.41) is 7.49. The first-order chi connectivity index (χ1) is 17.6. The molecule has 192 valence electrons. The number of hydrogen-bond acceptors (Lipinski definition) is 3. The third-order valence-electron chi connectivity index (χ3n) is 5.75. The van der Waals surface area contributed by atoms with Gasteiger partial charge < -0.3 is 20.9 Å². The normalized spacial score (nSPS) is 15.2. The molecule has 0 atom stereocenters. The number of nitrogens with one attached hydrogen (secondary N) is 3. The van der Waals surface area contributed by atoms with E-state index in [1.807, 2.05) is 6.08 Å². The summed E-state index contributed by atoms with van der Waals surface area (Å²) in [6.07, 6.45) is 4.96. The summed E-state index contributed by atoms with van der Waals surface area (Å²) in [6, 6.07) is 7.37. The number of carbonyl (C=O) groups is 2. The van der Waals surface area contributed by atoms with Gasteiger partial charge in [0.15, 0.2) is 0 Å². The molecule has 0 aromatic heterocycles. The zero-order valence-corrected chi connectivity index (χ0v) is 19.8. The topological polar surface area (TPSA) is 73.5 Å². The van der Waals surface area contributed by atoms with Crippen molar-refractivity contribution in [1.82, 2.24) is 5.32 Å². The molecule has 6 nitrogen and oxygen atoms in total. The van der Waals surface area contributed by atoms with E-state index >= 15 is 0 Å². The van der Waals surface area contributed by atoms with Crippen molar-refractivity contribution in [1.29, 1.82) is 0 Å². The lowest BCUT2D eigenvalue weighted by atomic mass is 10.2. The van der Waals surface area contributed by atoms with Gasteiger partial charge in [0.25, 0.3) is 0 Å². The molecule has 0 saturated heterocycles. The van der Waals surface area contributed by atoms with Crippen molar-refractivity contribution in [3.63, 3.8) is 0 Å². The molecule has 10 heteroatoms. The fourth-order valence-corrected chi connectivity index (χ4v) is 3.55. The molecular weight excluding hydrogens is 488 g/mol. The standard InChI is InChI=1S/C27H24F4N4O2/c1-35(21-9-4-2-3-7-20(15-21)32-25(36)17-10-11-17)22-12-13-24(23(28)16-22)34-26(37)33-19-8-5-6-18(14-19)27(29,30)31/h2,5-9,12-17H,3,10-11H2,1H3,(H,32,36)(H2,33,34,37). The fourth-order valence-electron chi connectivity index (χ4n) is 3.55. The highest BCUT2D eigenvalue weighted by Crippen LogP contribution is 2.31. The maximum Gasteiger partial charge on any atom is 0.416 e. The predicted octanol–water partition coefficient (Wildman–Crippen LogP) is 6.33. The van der Waals surface area contributed by atoms with E-state index in [-0.39, 0.29) is 23.2 Å². The number of amides is 3. The number of allylic oxidation sites excluding steroid dienone is 3. The van der Waals surface area contributed by atoms with Gasteiger partial charge in [-0.15, -0.1) is 5.73 Å². The van der Waals surface area contributed by atoms with Crippen LogP contribution in [0.3, 0.4) is 0 Å². The van der Waals surface area contributed by atoms with Crippen LogP contribution in [0.5, 0.6) is 0 Å². The van der Waals surface area contributed by atoms with Gasteiger partial charge in [0.1, 0.15) is 5.82 Å². The lowest BCUT2D eigenvalue weighted by Crippen LogP contribution is -2.25. The number of urea groups is 1. The minimum absolute atomic E-state index is 0.0251. The van der Waals surface area contributed by atoms with Crippen molar-refractivity contribution >= 4 is 29.0 Å². The lowest BCUT2D eigenvalue weighted by molar-refractivity contribution is -0.137. The average molecular weight is 513 g/mol. The zero-order chi connectivity index (χ0) is 26.6. The van der Waals surface area contributed by atoms with E-state index in [2.05, 4.69) is 21.7 Å². The quantitative estimate of drug-likeness (QED) is 0.313. The first-order valence-corrected chi connectivity index (χ1v) is 11.5. The van der Waals surface area contributed by atoms with Crippen molar-refractivity contribution < 1.29 is 27.2 Å². The van der Waals surface area contributed by atoms with Gasteiger partial charge in [-0.2, -0.15) is 13.2 Å². The van der Waals surface area contributed by atoms with E-state index in [4.69, 9.17) is 0 Å². The SMILES string of the molecule is CN(C1=CC(NC(=O)C2CC2)=CCC=C=C1)c1ccc(NC(=O)Nc2cccc(C(F)(F)F)c2)c(F)c1. The number of alkyl halides is 3. The Morgan fingerprint density at radius 3 is 2.54 bits per heavy atom. The van der Waals surface area contributed by atoms with Crippen molar-refractivity contribution in [3.8, 4) is 0 Å². The Morgan fingerprint density at radius 2 is 1.84 bits per heavy atom. The van der Waals surface area contributed by atoms with Crippen LogP contribution in [-0.4, -0.2) is 19.0 Å². The van der Waals surface area contributed by atoms with Gasteiger partial charge in [0, 0.05) is 36.1 Å². The monoisotopic (exact) mass is 512 g/mol. The predicted molar refractivity (Wildman–Crippen MR) is 133 cm³/mol. The highest BCUT2D eigenvalue weighted by molar-refractivity contribution is 6.00. The molecule has 4 rings (SSSR count). The van der Waals surface area contributed by atoms with Crippen LogP contribution in [0.4, 0.5) is 39.4 Å². The molecule has 0 heterocycles. The van der Waals surface area contributed by atoms with Crippen LogP contribution in [0, 0.1) is 11.7 Å². The van der Waals surface area contributed by atoms with E-state index in [0.29, 0.717) is 23.5 Å².